The van der Waals surface area contributed by atoms with Crippen LogP contribution in [-0.4, -0.2) is 48.2 Å². The summed E-state index contributed by atoms with van der Waals surface area (Å²) >= 11 is 0. The van der Waals surface area contributed by atoms with E-state index in [4.69, 9.17) is 10.5 Å². The maximum atomic E-state index is 12.0. The van der Waals surface area contributed by atoms with E-state index in [2.05, 4.69) is 9.97 Å². The Morgan fingerprint density at radius 3 is 2.81 bits per heavy atom. The molecule has 2 aliphatic rings. The van der Waals surface area contributed by atoms with Crippen molar-refractivity contribution in [1.82, 2.24) is 9.97 Å². The summed E-state index contributed by atoms with van der Waals surface area (Å²) in [6.07, 6.45) is 6.82. The lowest BCUT2D eigenvalue weighted by atomic mass is 10.0. The second-order valence-corrected chi connectivity index (χ2v) is 6.33. The number of urea groups is 1. The predicted octanol–water partition coefficient (Wildman–Crippen LogP) is 1.34. The third kappa shape index (κ3) is 2.99. The van der Waals surface area contributed by atoms with Crippen LogP contribution in [0.1, 0.15) is 12.0 Å². The third-order valence-electron chi connectivity index (χ3n) is 4.65. The zero-order chi connectivity index (χ0) is 18.1. The lowest BCUT2D eigenvalue weighted by Crippen LogP contribution is -2.41. The molecule has 2 aromatic heterocycles. The van der Waals surface area contributed by atoms with Gasteiger partial charge < -0.3 is 15.4 Å². The van der Waals surface area contributed by atoms with Gasteiger partial charge in [0.25, 0.3) is 5.91 Å². The van der Waals surface area contributed by atoms with Gasteiger partial charge in [-0.2, -0.15) is 0 Å². The van der Waals surface area contributed by atoms with E-state index in [1.54, 1.807) is 23.5 Å². The highest BCUT2D eigenvalue weighted by atomic mass is 16.5. The van der Waals surface area contributed by atoms with Crippen molar-refractivity contribution in [2.45, 2.75) is 12.8 Å². The molecule has 2 aliphatic heterocycles. The van der Waals surface area contributed by atoms with Crippen LogP contribution < -0.4 is 15.5 Å². The fourth-order valence-electron chi connectivity index (χ4n) is 3.36. The molecule has 1 fully saturated rings. The Bertz CT molecular complexity index is 870. The van der Waals surface area contributed by atoms with Gasteiger partial charge in [-0.3, -0.25) is 14.7 Å². The molecular formula is C18H19N5O3. The average Bonchev–Trinajstić information content (AvgIpc) is 2.67. The monoisotopic (exact) mass is 353 g/mol. The highest BCUT2D eigenvalue weighted by Crippen LogP contribution is 2.30. The Hall–Kier alpha value is -3.00. The number of hydrogen-bond donors (Lipinski definition) is 1. The number of primary amides is 1. The topological polar surface area (TPSA) is 102 Å². The van der Waals surface area contributed by atoms with Crippen molar-refractivity contribution in [3.8, 4) is 11.1 Å². The quantitative estimate of drug-likeness (QED) is 0.878. The summed E-state index contributed by atoms with van der Waals surface area (Å²) in [5, 5.41) is 0. The molecule has 0 radical (unpaired) electrons. The molecule has 26 heavy (non-hydrogen) atoms. The number of nitrogens with two attached hydrogens (primary N) is 1. The van der Waals surface area contributed by atoms with E-state index >= 15 is 0 Å². The van der Waals surface area contributed by atoms with E-state index in [0.717, 1.165) is 35.2 Å². The predicted molar refractivity (Wildman–Crippen MR) is 95.9 cm³/mol. The van der Waals surface area contributed by atoms with Crippen LogP contribution in [0.5, 0.6) is 0 Å². The van der Waals surface area contributed by atoms with Crippen molar-refractivity contribution in [2.75, 3.05) is 36.1 Å². The van der Waals surface area contributed by atoms with Crippen LogP contribution in [0.2, 0.25) is 0 Å². The van der Waals surface area contributed by atoms with Crippen LogP contribution in [0, 0.1) is 0 Å². The number of nitrogens with zero attached hydrogens (tertiary/aromatic N) is 4. The van der Waals surface area contributed by atoms with E-state index in [9.17, 15) is 9.59 Å². The highest BCUT2D eigenvalue weighted by molar-refractivity contribution is 5.95. The zero-order valence-electron chi connectivity index (χ0n) is 14.2. The standard InChI is InChI=1S/C18H19N5O3/c19-18(25)23-3-1-2-12-6-13(9-21-17(12)23)14-7-15(10-20-8-14)22-4-5-26-11-16(22)24/h6-10H,1-5,11H2,(H2,19,25). The smallest absolute Gasteiger partial charge is 0.320 e. The Kier molecular flexibility index (Phi) is 4.26. The molecule has 0 bridgehead atoms. The van der Waals surface area contributed by atoms with E-state index < -0.39 is 6.03 Å². The second-order valence-electron chi connectivity index (χ2n) is 6.33. The number of aromatic nitrogens is 2. The molecule has 4 rings (SSSR count). The van der Waals surface area contributed by atoms with Gasteiger partial charge in [-0.15, -0.1) is 0 Å². The number of carbonyl (C=O) groups is 2. The molecule has 2 aromatic rings. The van der Waals surface area contributed by atoms with Gasteiger partial charge in [0.1, 0.15) is 12.4 Å². The number of aryl methyl sites for hydroxylation is 1. The first-order chi connectivity index (χ1) is 12.6. The summed E-state index contributed by atoms with van der Waals surface area (Å²) in [6, 6.07) is 3.45. The van der Waals surface area contributed by atoms with Gasteiger partial charge in [0.15, 0.2) is 0 Å². The number of rotatable bonds is 2. The molecule has 0 aliphatic carbocycles. The van der Waals surface area contributed by atoms with Crippen molar-refractivity contribution in [2.24, 2.45) is 5.73 Å². The minimum Gasteiger partial charge on any atom is -0.370 e. The van der Waals surface area contributed by atoms with Gasteiger partial charge in [-0.1, -0.05) is 0 Å². The number of ether oxygens (including phenoxy) is 1. The van der Waals surface area contributed by atoms with E-state index in [-0.39, 0.29) is 12.5 Å². The van der Waals surface area contributed by atoms with Crippen LogP contribution in [0.15, 0.2) is 30.7 Å². The number of fused-ring (bicyclic) bond motifs is 1. The van der Waals surface area contributed by atoms with E-state index in [1.165, 1.54) is 4.90 Å². The summed E-state index contributed by atoms with van der Waals surface area (Å²) < 4.78 is 5.18. The summed E-state index contributed by atoms with van der Waals surface area (Å²) in [4.78, 5) is 35.5. The first-order valence-corrected chi connectivity index (χ1v) is 8.53. The van der Waals surface area contributed by atoms with Gasteiger partial charge in [0, 0.05) is 36.6 Å². The molecule has 4 heterocycles. The zero-order valence-corrected chi connectivity index (χ0v) is 14.2. The third-order valence-corrected chi connectivity index (χ3v) is 4.65. The van der Waals surface area contributed by atoms with Gasteiger partial charge in [0.2, 0.25) is 0 Å². The van der Waals surface area contributed by atoms with Gasteiger partial charge in [-0.05, 0) is 30.5 Å². The number of hydrogen-bond acceptors (Lipinski definition) is 5. The second kappa shape index (κ2) is 6.72. The fraction of sp³-hybridized carbons (Fsp3) is 0.333. The first kappa shape index (κ1) is 16.5. The maximum Gasteiger partial charge on any atom is 0.320 e. The Morgan fingerprint density at radius 1 is 1.15 bits per heavy atom. The summed E-state index contributed by atoms with van der Waals surface area (Å²) in [7, 11) is 0. The highest BCUT2D eigenvalue weighted by Gasteiger charge is 2.23. The number of morpholine rings is 1. The summed E-state index contributed by atoms with van der Waals surface area (Å²) in [6.45, 7) is 1.71. The molecule has 0 atom stereocenters. The normalized spacial score (nSPS) is 17.2. The van der Waals surface area contributed by atoms with Crippen molar-refractivity contribution < 1.29 is 14.3 Å². The van der Waals surface area contributed by atoms with Crippen LogP contribution in [-0.2, 0) is 16.0 Å². The molecule has 0 unspecified atom stereocenters. The number of amides is 3. The Morgan fingerprint density at radius 2 is 2.00 bits per heavy atom. The fourth-order valence-corrected chi connectivity index (χ4v) is 3.36. The van der Waals surface area contributed by atoms with E-state index in [1.807, 2.05) is 12.1 Å². The average molecular weight is 353 g/mol. The van der Waals surface area contributed by atoms with Crippen molar-refractivity contribution in [3.05, 3.63) is 36.3 Å². The minimum absolute atomic E-state index is 0.0733. The van der Waals surface area contributed by atoms with Crippen LogP contribution in [0.25, 0.3) is 11.1 Å². The molecule has 0 aromatic carbocycles. The van der Waals surface area contributed by atoms with Crippen molar-refractivity contribution in [3.63, 3.8) is 0 Å². The molecule has 0 spiro atoms. The molecule has 2 N–H and O–H groups in total. The minimum atomic E-state index is -0.485. The summed E-state index contributed by atoms with van der Waals surface area (Å²) in [5.41, 5.74) is 8.93. The molecule has 8 nitrogen and oxygen atoms in total. The lowest BCUT2D eigenvalue weighted by Gasteiger charge is -2.27. The summed E-state index contributed by atoms with van der Waals surface area (Å²) in [5.74, 6) is 0.552. The van der Waals surface area contributed by atoms with Crippen molar-refractivity contribution >= 4 is 23.4 Å². The molecule has 3 amide bonds. The lowest BCUT2D eigenvalue weighted by molar-refractivity contribution is -0.125. The van der Waals surface area contributed by atoms with Crippen molar-refractivity contribution in [1.29, 1.82) is 0 Å². The SMILES string of the molecule is NC(=O)N1CCCc2cc(-c3cncc(N4CCOCC4=O)c3)cnc21. The number of anilines is 2. The van der Waals surface area contributed by atoms with E-state index in [0.29, 0.717) is 25.5 Å². The molecule has 1 saturated heterocycles. The molecule has 134 valence electrons. The molecule has 0 saturated carbocycles. The Labute approximate surface area is 150 Å². The van der Waals surface area contributed by atoms with Gasteiger partial charge >= 0.3 is 6.03 Å². The van der Waals surface area contributed by atoms with Crippen LogP contribution in [0.3, 0.4) is 0 Å². The van der Waals surface area contributed by atoms with Crippen LogP contribution >= 0.6 is 0 Å². The van der Waals surface area contributed by atoms with Crippen LogP contribution in [0.4, 0.5) is 16.3 Å². The number of carbonyl (C=O) groups excluding carboxylic acids is 2. The van der Waals surface area contributed by atoms with Gasteiger partial charge in [-0.25, -0.2) is 9.78 Å². The maximum absolute atomic E-state index is 12.0. The number of pyridine rings is 2. The largest absolute Gasteiger partial charge is 0.370 e. The molecular weight excluding hydrogens is 334 g/mol. The van der Waals surface area contributed by atoms with Gasteiger partial charge in [0.05, 0.1) is 18.5 Å². The molecule has 8 heteroatoms. The first-order valence-electron chi connectivity index (χ1n) is 8.53. The Balaban J connectivity index is 1.67.